The second kappa shape index (κ2) is 8.25. The predicted octanol–water partition coefficient (Wildman–Crippen LogP) is 5.98. The van der Waals surface area contributed by atoms with Gasteiger partial charge in [-0.15, -0.1) is 0 Å². The minimum atomic E-state index is 0.436. The molecule has 0 aliphatic carbocycles. The van der Waals surface area contributed by atoms with Gasteiger partial charge in [0.2, 0.25) is 5.95 Å². The maximum absolute atomic E-state index is 6.21. The van der Waals surface area contributed by atoms with Gasteiger partial charge in [-0.3, -0.25) is 0 Å². The first-order valence-corrected chi connectivity index (χ1v) is 8.87. The molecule has 3 aromatic rings. The summed E-state index contributed by atoms with van der Waals surface area (Å²) < 4.78 is 5.64. The molecule has 0 atom stereocenters. The van der Waals surface area contributed by atoms with E-state index in [0.717, 1.165) is 17.1 Å². The first-order chi connectivity index (χ1) is 12.5. The largest absolute Gasteiger partial charge is 0.492 e. The van der Waals surface area contributed by atoms with Crippen molar-refractivity contribution in [3.05, 3.63) is 64.3 Å². The molecule has 0 aliphatic heterocycles. The zero-order valence-electron chi connectivity index (χ0n) is 14.4. The van der Waals surface area contributed by atoms with Crippen molar-refractivity contribution < 1.29 is 4.74 Å². The quantitative estimate of drug-likeness (QED) is 0.543. The first kappa shape index (κ1) is 18.3. The van der Waals surface area contributed by atoms with Crippen LogP contribution in [0.5, 0.6) is 5.75 Å². The minimum Gasteiger partial charge on any atom is -0.492 e. The van der Waals surface area contributed by atoms with Crippen molar-refractivity contribution in [2.45, 2.75) is 13.8 Å². The third-order valence-electron chi connectivity index (χ3n) is 3.48. The van der Waals surface area contributed by atoms with Gasteiger partial charge in [-0.25, -0.2) is 4.98 Å². The van der Waals surface area contributed by atoms with Gasteiger partial charge in [-0.2, -0.15) is 4.98 Å². The van der Waals surface area contributed by atoms with E-state index in [4.69, 9.17) is 27.9 Å². The lowest BCUT2D eigenvalue weighted by Gasteiger charge is -2.13. The molecule has 0 bridgehead atoms. The number of nitrogens with zero attached hydrogens (tertiary/aromatic N) is 2. The van der Waals surface area contributed by atoms with E-state index in [1.807, 2.05) is 44.2 Å². The van der Waals surface area contributed by atoms with Crippen LogP contribution in [0.3, 0.4) is 0 Å². The molecule has 0 amide bonds. The van der Waals surface area contributed by atoms with Crippen molar-refractivity contribution in [3.63, 3.8) is 0 Å². The Balaban J connectivity index is 1.86. The summed E-state index contributed by atoms with van der Waals surface area (Å²) in [5.74, 6) is 1.85. The highest BCUT2D eigenvalue weighted by Gasteiger charge is 2.08. The lowest BCUT2D eigenvalue weighted by molar-refractivity contribution is 0.342. The molecule has 7 heteroatoms. The van der Waals surface area contributed by atoms with Crippen LogP contribution in [0, 0.1) is 6.92 Å². The average molecular weight is 389 g/mol. The highest BCUT2D eigenvalue weighted by Crippen LogP contribution is 2.29. The van der Waals surface area contributed by atoms with Crippen LogP contribution in [0.2, 0.25) is 10.0 Å². The van der Waals surface area contributed by atoms with Crippen LogP contribution in [-0.4, -0.2) is 16.6 Å². The summed E-state index contributed by atoms with van der Waals surface area (Å²) in [6.45, 7) is 4.43. The van der Waals surface area contributed by atoms with Crippen molar-refractivity contribution in [2.24, 2.45) is 0 Å². The zero-order chi connectivity index (χ0) is 18.5. The molecule has 2 aromatic carbocycles. The molecule has 2 N–H and O–H groups in total. The second-order valence-corrected chi connectivity index (χ2v) is 6.37. The number of aromatic nitrogens is 2. The van der Waals surface area contributed by atoms with Crippen LogP contribution in [0.15, 0.2) is 48.5 Å². The van der Waals surface area contributed by atoms with Crippen LogP contribution in [0.4, 0.5) is 23.1 Å². The molecule has 0 saturated carbocycles. The Labute approximate surface area is 162 Å². The van der Waals surface area contributed by atoms with E-state index in [1.54, 1.807) is 18.2 Å². The van der Waals surface area contributed by atoms with Gasteiger partial charge in [-0.1, -0.05) is 35.3 Å². The summed E-state index contributed by atoms with van der Waals surface area (Å²) in [5, 5.41) is 7.47. The number of anilines is 4. The predicted molar refractivity (Wildman–Crippen MR) is 107 cm³/mol. The molecular weight excluding hydrogens is 371 g/mol. The van der Waals surface area contributed by atoms with Crippen LogP contribution in [0.1, 0.15) is 12.6 Å². The smallest absolute Gasteiger partial charge is 0.229 e. The van der Waals surface area contributed by atoms with E-state index < -0.39 is 0 Å². The number of benzene rings is 2. The fraction of sp³-hybridized carbons (Fsp3) is 0.158. The van der Waals surface area contributed by atoms with Gasteiger partial charge >= 0.3 is 0 Å². The van der Waals surface area contributed by atoms with Crippen molar-refractivity contribution in [3.8, 4) is 5.75 Å². The Morgan fingerprint density at radius 1 is 0.962 bits per heavy atom. The first-order valence-electron chi connectivity index (χ1n) is 8.12. The Morgan fingerprint density at radius 3 is 2.54 bits per heavy atom. The standard InChI is InChI=1S/C19H18Cl2N4O/c1-3-26-17-7-5-4-6-16(17)23-18-10-12(2)22-19(25-18)24-15-9-8-13(20)11-14(15)21/h4-11H,3H2,1-2H3,(H2,22,23,24,25). The summed E-state index contributed by atoms with van der Waals surface area (Å²) in [6.07, 6.45) is 0. The van der Waals surface area contributed by atoms with E-state index in [9.17, 15) is 0 Å². The number of hydrogen-bond donors (Lipinski definition) is 2. The molecule has 1 aromatic heterocycles. The Bertz CT molecular complexity index is 918. The molecule has 26 heavy (non-hydrogen) atoms. The number of aryl methyl sites for hydroxylation is 1. The van der Waals surface area contributed by atoms with Crippen molar-refractivity contribution in [1.29, 1.82) is 0 Å². The van der Waals surface area contributed by atoms with E-state index >= 15 is 0 Å². The molecule has 0 radical (unpaired) electrons. The molecular formula is C19H18Cl2N4O. The van der Waals surface area contributed by atoms with Gasteiger partial charge in [0.15, 0.2) is 0 Å². The third kappa shape index (κ3) is 4.56. The van der Waals surface area contributed by atoms with Crippen molar-refractivity contribution >= 4 is 46.3 Å². The topological polar surface area (TPSA) is 59.1 Å². The fourth-order valence-corrected chi connectivity index (χ4v) is 2.84. The third-order valence-corrected chi connectivity index (χ3v) is 4.03. The van der Waals surface area contributed by atoms with E-state index in [1.165, 1.54) is 0 Å². The number of ether oxygens (including phenoxy) is 1. The van der Waals surface area contributed by atoms with E-state index in [0.29, 0.717) is 34.1 Å². The number of nitrogens with one attached hydrogen (secondary N) is 2. The fourth-order valence-electron chi connectivity index (χ4n) is 2.39. The van der Waals surface area contributed by atoms with Gasteiger partial charge < -0.3 is 15.4 Å². The molecule has 134 valence electrons. The minimum absolute atomic E-state index is 0.436. The van der Waals surface area contributed by atoms with Gasteiger partial charge in [-0.05, 0) is 44.2 Å². The maximum atomic E-state index is 6.21. The molecule has 1 heterocycles. The molecule has 5 nitrogen and oxygen atoms in total. The lowest BCUT2D eigenvalue weighted by atomic mass is 10.3. The highest BCUT2D eigenvalue weighted by molar-refractivity contribution is 6.36. The summed E-state index contributed by atoms with van der Waals surface area (Å²) in [5.41, 5.74) is 2.33. The molecule has 0 fully saturated rings. The second-order valence-electron chi connectivity index (χ2n) is 5.52. The van der Waals surface area contributed by atoms with Crippen LogP contribution in [-0.2, 0) is 0 Å². The van der Waals surface area contributed by atoms with E-state index in [-0.39, 0.29) is 0 Å². The zero-order valence-corrected chi connectivity index (χ0v) is 15.9. The van der Waals surface area contributed by atoms with Gasteiger partial charge in [0.1, 0.15) is 11.6 Å². The summed E-state index contributed by atoms with van der Waals surface area (Å²) >= 11 is 12.1. The molecule has 0 saturated heterocycles. The Hall–Kier alpha value is -2.50. The Morgan fingerprint density at radius 2 is 1.77 bits per heavy atom. The summed E-state index contributed by atoms with van der Waals surface area (Å²) in [6, 6.07) is 14.8. The van der Waals surface area contributed by atoms with E-state index in [2.05, 4.69) is 20.6 Å². The van der Waals surface area contributed by atoms with Gasteiger partial charge in [0.25, 0.3) is 0 Å². The van der Waals surface area contributed by atoms with Crippen LogP contribution < -0.4 is 15.4 Å². The van der Waals surface area contributed by atoms with Gasteiger partial charge in [0.05, 0.1) is 23.0 Å². The summed E-state index contributed by atoms with van der Waals surface area (Å²) in [7, 11) is 0. The summed E-state index contributed by atoms with van der Waals surface area (Å²) in [4.78, 5) is 8.92. The van der Waals surface area contributed by atoms with Crippen LogP contribution in [0.25, 0.3) is 0 Å². The van der Waals surface area contributed by atoms with Gasteiger partial charge in [0, 0.05) is 16.8 Å². The number of rotatable bonds is 6. The van der Waals surface area contributed by atoms with Crippen LogP contribution >= 0.6 is 23.2 Å². The average Bonchev–Trinajstić information content (AvgIpc) is 2.59. The molecule has 0 aliphatic rings. The molecule has 0 unspecified atom stereocenters. The Kier molecular flexibility index (Phi) is 5.81. The SMILES string of the molecule is CCOc1ccccc1Nc1cc(C)nc(Nc2ccc(Cl)cc2Cl)n1. The van der Waals surface area contributed by atoms with Crippen molar-refractivity contribution in [1.82, 2.24) is 9.97 Å². The maximum Gasteiger partial charge on any atom is 0.229 e. The number of para-hydroxylation sites is 2. The highest BCUT2D eigenvalue weighted by atomic mass is 35.5. The number of halogens is 2. The molecule has 0 spiro atoms. The van der Waals surface area contributed by atoms with Crippen molar-refractivity contribution in [2.75, 3.05) is 17.2 Å². The lowest BCUT2D eigenvalue weighted by Crippen LogP contribution is -2.04. The number of hydrogen-bond acceptors (Lipinski definition) is 5. The monoisotopic (exact) mass is 388 g/mol. The normalized spacial score (nSPS) is 10.5. The molecule has 3 rings (SSSR count).